The number of hydrogen-bond donors (Lipinski definition) is 1. The summed E-state index contributed by atoms with van der Waals surface area (Å²) in [5.41, 5.74) is 6.24. The molecule has 1 aliphatic heterocycles. The molecule has 1 fully saturated rings. The van der Waals surface area contributed by atoms with Crippen molar-refractivity contribution in [3.05, 3.63) is 30.1 Å². The Balaban J connectivity index is 1.76. The van der Waals surface area contributed by atoms with Crippen LogP contribution in [0.4, 0.5) is 4.39 Å². The quantitative estimate of drug-likeness (QED) is 0.891. The van der Waals surface area contributed by atoms with Crippen LogP contribution in [0.1, 0.15) is 19.3 Å². The van der Waals surface area contributed by atoms with Gasteiger partial charge in [-0.25, -0.2) is 4.39 Å². The fourth-order valence-corrected chi connectivity index (χ4v) is 2.22. The molecule has 0 bridgehead atoms. The molecule has 1 saturated heterocycles. The highest BCUT2D eigenvalue weighted by atomic mass is 19.1. The molecule has 0 atom stereocenters. The summed E-state index contributed by atoms with van der Waals surface area (Å²) in [6.45, 7) is 2.69. The van der Waals surface area contributed by atoms with Gasteiger partial charge in [-0.15, -0.1) is 0 Å². The molecule has 0 spiro atoms. The average Bonchev–Trinajstić information content (AvgIpc) is 2.36. The first-order valence-electron chi connectivity index (χ1n) is 6.43. The third-order valence-corrected chi connectivity index (χ3v) is 3.67. The molecule has 1 aromatic rings. The predicted octanol–water partition coefficient (Wildman–Crippen LogP) is 2.02. The summed E-state index contributed by atoms with van der Waals surface area (Å²) in [5.74, 6) is 0.459. The second-order valence-corrected chi connectivity index (χ2v) is 5.22. The minimum absolute atomic E-state index is 0.105. The van der Waals surface area contributed by atoms with Crippen LogP contribution in [0.3, 0.4) is 0 Å². The molecule has 0 radical (unpaired) electrons. The largest absolute Gasteiger partial charge is 0.494 e. The van der Waals surface area contributed by atoms with Crippen molar-refractivity contribution in [1.29, 1.82) is 0 Å². The first kappa shape index (κ1) is 13.3. The van der Waals surface area contributed by atoms with E-state index in [1.165, 1.54) is 12.1 Å². The van der Waals surface area contributed by atoms with E-state index in [-0.39, 0.29) is 11.4 Å². The molecule has 2 N–H and O–H groups in total. The molecule has 18 heavy (non-hydrogen) atoms. The molecule has 100 valence electrons. The maximum Gasteiger partial charge on any atom is 0.123 e. The Labute approximate surface area is 108 Å². The zero-order valence-corrected chi connectivity index (χ0v) is 10.9. The molecule has 0 unspecified atom stereocenters. The standard InChI is InChI=1S/C14H21FN2O/c1-17-9-6-14(16,7-10-17)8-11-18-13-4-2-12(15)3-5-13/h2-5H,6-11,16H2,1H3. The van der Waals surface area contributed by atoms with Crippen LogP contribution in [0.15, 0.2) is 24.3 Å². The molecule has 0 aromatic heterocycles. The van der Waals surface area contributed by atoms with Crippen molar-refractivity contribution in [1.82, 2.24) is 4.90 Å². The van der Waals surface area contributed by atoms with Crippen molar-refractivity contribution in [3.8, 4) is 5.75 Å². The van der Waals surface area contributed by atoms with Crippen molar-refractivity contribution in [2.45, 2.75) is 24.8 Å². The summed E-state index contributed by atoms with van der Waals surface area (Å²) in [5, 5.41) is 0. The minimum Gasteiger partial charge on any atom is -0.494 e. The Morgan fingerprint density at radius 1 is 1.28 bits per heavy atom. The van der Waals surface area contributed by atoms with E-state index >= 15 is 0 Å². The lowest BCUT2D eigenvalue weighted by molar-refractivity contribution is 0.159. The van der Waals surface area contributed by atoms with Gasteiger partial charge in [-0.3, -0.25) is 0 Å². The molecule has 0 aliphatic carbocycles. The highest BCUT2D eigenvalue weighted by molar-refractivity contribution is 5.22. The molecule has 1 aromatic carbocycles. The second kappa shape index (κ2) is 5.67. The molecule has 1 heterocycles. The molecule has 0 amide bonds. The summed E-state index contributed by atoms with van der Waals surface area (Å²) < 4.78 is 18.3. The summed E-state index contributed by atoms with van der Waals surface area (Å²) in [7, 11) is 2.12. The van der Waals surface area contributed by atoms with Crippen LogP contribution in [0.2, 0.25) is 0 Å². The van der Waals surface area contributed by atoms with E-state index in [0.717, 1.165) is 32.4 Å². The molecule has 4 heteroatoms. The van der Waals surface area contributed by atoms with Gasteiger partial charge in [0, 0.05) is 5.54 Å². The first-order valence-corrected chi connectivity index (χ1v) is 6.43. The third-order valence-electron chi connectivity index (χ3n) is 3.67. The summed E-state index contributed by atoms with van der Waals surface area (Å²) in [6.07, 6.45) is 2.87. The van der Waals surface area contributed by atoms with Gasteiger partial charge in [-0.2, -0.15) is 0 Å². The molecule has 2 rings (SSSR count). The lowest BCUT2D eigenvalue weighted by atomic mass is 9.86. The first-order chi connectivity index (χ1) is 8.57. The van der Waals surface area contributed by atoms with Crippen LogP contribution < -0.4 is 10.5 Å². The van der Waals surface area contributed by atoms with E-state index in [0.29, 0.717) is 12.4 Å². The number of piperidine rings is 1. The van der Waals surface area contributed by atoms with Gasteiger partial charge in [-0.1, -0.05) is 0 Å². The van der Waals surface area contributed by atoms with Crippen LogP contribution in [-0.4, -0.2) is 37.2 Å². The van der Waals surface area contributed by atoms with Gasteiger partial charge in [0.2, 0.25) is 0 Å². The molecule has 0 saturated carbocycles. The zero-order chi connectivity index (χ0) is 13.0. The van der Waals surface area contributed by atoms with Gasteiger partial charge in [0.15, 0.2) is 0 Å². The van der Waals surface area contributed by atoms with Crippen molar-refractivity contribution < 1.29 is 9.13 Å². The predicted molar refractivity (Wildman–Crippen MR) is 70.2 cm³/mol. The van der Waals surface area contributed by atoms with Gasteiger partial charge >= 0.3 is 0 Å². The van der Waals surface area contributed by atoms with Gasteiger partial charge in [0.25, 0.3) is 0 Å². The van der Waals surface area contributed by atoms with Crippen LogP contribution in [0.5, 0.6) is 5.75 Å². The number of hydrogen-bond acceptors (Lipinski definition) is 3. The summed E-state index contributed by atoms with van der Waals surface area (Å²) in [6, 6.07) is 6.10. The van der Waals surface area contributed by atoms with E-state index in [1.54, 1.807) is 12.1 Å². The van der Waals surface area contributed by atoms with Gasteiger partial charge in [0.05, 0.1) is 6.61 Å². The Hall–Kier alpha value is -1.13. The molecular formula is C14H21FN2O. The normalized spacial score (nSPS) is 19.7. The Kier molecular flexibility index (Phi) is 4.19. The monoisotopic (exact) mass is 252 g/mol. The van der Waals surface area contributed by atoms with E-state index in [9.17, 15) is 4.39 Å². The maximum atomic E-state index is 12.7. The minimum atomic E-state index is -0.243. The van der Waals surface area contributed by atoms with Gasteiger partial charge in [-0.05, 0) is 63.7 Å². The Morgan fingerprint density at radius 2 is 1.89 bits per heavy atom. The highest BCUT2D eigenvalue weighted by Crippen LogP contribution is 2.22. The fourth-order valence-electron chi connectivity index (χ4n) is 2.22. The number of nitrogens with two attached hydrogens (primary N) is 1. The van der Waals surface area contributed by atoms with Crippen molar-refractivity contribution in [2.75, 3.05) is 26.7 Å². The van der Waals surface area contributed by atoms with Gasteiger partial charge in [0.1, 0.15) is 11.6 Å². The lowest BCUT2D eigenvalue weighted by Crippen LogP contribution is -2.50. The number of likely N-dealkylation sites (tertiary alicyclic amines) is 1. The summed E-state index contributed by atoms with van der Waals surface area (Å²) in [4.78, 5) is 2.30. The van der Waals surface area contributed by atoms with E-state index < -0.39 is 0 Å². The average molecular weight is 252 g/mol. The zero-order valence-electron chi connectivity index (χ0n) is 10.9. The topological polar surface area (TPSA) is 38.5 Å². The van der Waals surface area contributed by atoms with Crippen molar-refractivity contribution in [2.24, 2.45) is 5.73 Å². The van der Waals surface area contributed by atoms with E-state index in [1.807, 2.05) is 0 Å². The maximum absolute atomic E-state index is 12.7. The summed E-state index contributed by atoms with van der Waals surface area (Å²) >= 11 is 0. The Bertz CT molecular complexity index is 372. The number of benzene rings is 1. The molecular weight excluding hydrogens is 231 g/mol. The molecule has 1 aliphatic rings. The Morgan fingerprint density at radius 3 is 2.50 bits per heavy atom. The van der Waals surface area contributed by atoms with Crippen LogP contribution in [0.25, 0.3) is 0 Å². The van der Waals surface area contributed by atoms with Crippen molar-refractivity contribution in [3.63, 3.8) is 0 Å². The smallest absolute Gasteiger partial charge is 0.123 e. The highest BCUT2D eigenvalue weighted by Gasteiger charge is 2.29. The number of halogens is 1. The van der Waals surface area contributed by atoms with E-state index in [2.05, 4.69) is 11.9 Å². The fraction of sp³-hybridized carbons (Fsp3) is 0.571. The van der Waals surface area contributed by atoms with Crippen molar-refractivity contribution >= 4 is 0 Å². The number of rotatable bonds is 4. The number of ether oxygens (including phenoxy) is 1. The van der Waals surface area contributed by atoms with Crippen LogP contribution in [0, 0.1) is 5.82 Å². The SMILES string of the molecule is CN1CCC(N)(CCOc2ccc(F)cc2)CC1. The number of nitrogens with zero attached hydrogens (tertiary/aromatic N) is 1. The second-order valence-electron chi connectivity index (χ2n) is 5.22. The van der Waals surface area contributed by atoms with E-state index in [4.69, 9.17) is 10.5 Å². The van der Waals surface area contributed by atoms with Gasteiger partial charge < -0.3 is 15.4 Å². The van der Waals surface area contributed by atoms with Crippen LogP contribution in [-0.2, 0) is 0 Å². The lowest BCUT2D eigenvalue weighted by Gasteiger charge is -2.37. The molecule has 3 nitrogen and oxygen atoms in total. The van der Waals surface area contributed by atoms with Crippen LogP contribution >= 0.6 is 0 Å². The third kappa shape index (κ3) is 3.68.